The van der Waals surface area contributed by atoms with Gasteiger partial charge in [0, 0.05) is 7.05 Å². The van der Waals surface area contributed by atoms with E-state index < -0.39 is 22.9 Å². The molecule has 0 amide bonds. The van der Waals surface area contributed by atoms with Crippen LogP contribution in [0.1, 0.15) is 10.5 Å². The van der Waals surface area contributed by atoms with Gasteiger partial charge in [-0.15, -0.1) is 10.1 Å². The summed E-state index contributed by atoms with van der Waals surface area (Å²) in [6.45, 7) is -0.626. The minimum Gasteiger partial charge on any atom is -0.312 e. The van der Waals surface area contributed by atoms with Crippen LogP contribution < -0.4 is 11.2 Å². The Kier molecular flexibility index (Phi) is 4.37. The molecule has 0 fully saturated rings. The largest absolute Gasteiger partial charge is 0.331 e. The molecule has 10 heteroatoms. The van der Waals surface area contributed by atoms with E-state index in [4.69, 9.17) is 0 Å². The minimum absolute atomic E-state index is 0.0827. The van der Waals surface area contributed by atoms with Crippen LogP contribution in [0.5, 0.6) is 0 Å². The molecule has 1 rings (SSSR count). The summed E-state index contributed by atoms with van der Waals surface area (Å²) >= 11 is 2.90. The van der Waals surface area contributed by atoms with E-state index in [1.165, 1.54) is 7.05 Å². The highest BCUT2D eigenvalue weighted by atomic mass is 79.9. The first-order valence-electron chi connectivity index (χ1n) is 4.62. The molecule has 0 atom stereocenters. The van der Waals surface area contributed by atoms with Crippen molar-refractivity contribution in [1.29, 1.82) is 0 Å². The van der Waals surface area contributed by atoms with Gasteiger partial charge in [-0.1, -0.05) is 0 Å². The number of aldehydes is 1. The van der Waals surface area contributed by atoms with Crippen LogP contribution in [-0.2, 0) is 18.4 Å². The van der Waals surface area contributed by atoms with Gasteiger partial charge in [-0.3, -0.25) is 18.7 Å². The highest BCUT2D eigenvalue weighted by Crippen LogP contribution is 2.07. The maximum Gasteiger partial charge on any atom is 0.331 e. The first-order valence-corrected chi connectivity index (χ1v) is 5.41. The van der Waals surface area contributed by atoms with Crippen LogP contribution in [0.25, 0.3) is 0 Å². The predicted molar refractivity (Wildman–Crippen MR) is 62.0 cm³/mol. The molecule has 0 aromatic carbocycles. The molecule has 0 aliphatic carbocycles. The monoisotopic (exact) mass is 321 g/mol. The number of carbonyl (C=O) groups excluding carboxylic acids is 1. The van der Waals surface area contributed by atoms with Crippen molar-refractivity contribution in [3.63, 3.8) is 0 Å². The number of aromatic nitrogens is 2. The zero-order chi connectivity index (χ0) is 13.9. The van der Waals surface area contributed by atoms with Gasteiger partial charge in [0.2, 0.25) is 0 Å². The number of halogens is 1. The lowest BCUT2D eigenvalue weighted by Crippen LogP contribution is -2.41. The van der Waals surface area contributed by atoms with E-state index in [2.05, 4.69) is 20.8 Å². The summed E-state index contributed by atoms with van der Waals surface area (Å²) in [7, 11) is 1.23. The summed E-state index contributed by atoms with van der Waals surface area (Å²) in [6.07, 6.45) is 0.318. The van der Waals surface area contributed by atoms with Crippen LogP contribution in [-0.4, -0.2) is 27.1 Å². The molecule has 1 aromatic heterocycles. The second kappa shape index (κ2) is 5.58. The number of carbonyl (C=O) groups is 1. The quantitative estimate of drug-likeness (QED) is 0.403. The van der Waals surface area contributed by atoms with Crippen molar-refractivity contribution in [2.75, 3.05) is 6.61 Å². The molecule has 0 spiro atoms. The molecule has 0 radical (unpaired) electrons. The molecule has 0 aliphatic rings. The van der Waals surface area contributed by atoms with E-state index in [-0.39, 0.29) is 16.7 Å². The maximum atomic E-state index is 11.7. The molecule has 98 valence electrons. The van der Waals surface area contributed by atoms with Gasteiger partial charge in [0.1, 0.15) is 16.8 Å². The molecule has 0 saturated carbocycles. The molecule has 0 saturated heterocycles. The van der Waals surface area contributed by atoms with Gasteiger partial charge in [-0.2, -0.15) is 0 Å². The van der Waals surface area contributed by atoms with Crippen LogP contribution >= 0.6 is 15.9 Å². The molecule has 0 N–H and O–H groups in total. The number of nitrogens with zero attached hydrogens (tertiary/aromatic N) is 3. The van der Waals surface area contributed by atoms with Crippen molar-refractivity contribution in [3.05, 3.63) is 41.1 Å². The first kappa shape index (κ1) is 14.1. The van der Waals surface area contributed by atoms with Crippen molar-refractivity contribution < 1.29 is 14.7 Å². The third-order valence-corrected chi connectivity index (χ3v) is 2.89. The van der Waals surface area contributed by atoms with E-state index >= 15 is 0 Å². The van der Waals surface area contributed by atoms with Crippen LogP contribution in [0.15, 0.2) is 14.1 Å². The fourth-order valence-electron chi connectivity index (χ4n) is 1.28. The molecule has 0 bridgehead atoms. The fourth-order valence-corrected chi connectivity index (χ4v) is 1.86. The number of rotatable bonds is 5. The standard InChI is InChI=1S/C8H8BrN3O6/c1-10-7(14)6(9)5(4-13)11(8(10)15)2-3-18-12(16)17/h4H,2-3H2,1H3. The Balaban J connectivity index is 3.26. The van der Waals surface area contributed by atoms with Gasteiger partial charge < -0.3 is 4.84 Å². The summed E-state index contributed by atoms with van der Waals surface area (Å²) in [5, 5.41) is 8.97. The van der Waals surface area contributed by atoms with Crippen LogP contribution in [0, 0.1) is 10.1 Å². The predicted octanol–water partition coefficient (Wildman–Crippen LogP) is -0.670. The van der Waals surface area contributed by atoms with E-state index in [9.17, 15) is 24.5 Å². The van der Waals surface area contributed by atoms with Crippen molar-refractivity contribution in [2.24, 2.45) is 7.05 Å². The zero-order valence-electron chi connectivity index (χ0n) is 9.16. The summed E-state index contributed by atoms with van der Waals surface area (Å²) in [6, 6.07) is 0. The SMILES string of the molecule is Cn1c(=O)c(Br)c(C=O)n(CCO[N+](=O)[O-])c1=O. The third-order valence-electron chi connectivity index (χ3n) is 2.15. The summed E-state index contributed by atoms with van der Waals surface area (Å²) < 4.78 is 1.62. The van der Waals surface area contributed by atoms with E-state index in [0.29, 0.717) is 6.29 Å². The summed E-state index contributed by atoms with van der Waals surface area (Å²) in [5.74, 6) is 0. The number of hydrogen-bond acceptors (Lipinski definition) is 6. The van der Waals surface area contributed by atoms with Crippen LogP contribution in [0.2, 0.25) is 0 Å². The lowest BCUT2D eigenvalue weighted by molar-refractivity contribution is -0.758. The van der Waals surface area contributed by atoms with Gasteiger partial charge in [0.05, 0.1) is 6.54 Å². The average Bonchev–Trinajstić information content (AvgIpc) is 2.33. The Hall–Kier alpha value is -1.97. The molecule has 0 unspecified atom stereocenters. The topological polar surface area (TPSA) is 113 Å². The molecule has 1 heterocycles. The normalized spacial score (nSPS) is 10.1. The Morgan fingerprint density at radius 3 is 2.61 bits per heavy atom. The Morgan fingerprint density at radius 2 is 2.11 bits per heavy atom. The van der Waals surface area contributed by atoms with Crippen LogP contribution in [0.3, 0.4) is 0 Å². The van der Waals surface area contributed by atoms with Gasteiger partial charge in [0.15, 0.2) is 6.29 Å². The smallest absolute Gasteiger partial charge is 0.312 e. The van der Waals surface area contributed by atoms with Crippen LogP contribution in [0.4, 0.5) is 0 Å². The first-order chi connectivity index (χ1) is 8.40. The Bertz CT molecular complexity index is 604. The molecule has 18 heavy (non-hydrogen) atoms. The van der Waals surface area contributed by atoms with Crippen molar-refractivity contribution >= 4 is 22.2 Å². The van der Waals surface area contributed by atoms with Gasteiger partial charge in [0.25, 0.3) is 10.6 Å². The molecule has 9 nitrogen and oxygen atoms in total. The lowest BCUT2D eigenvalue weighted by atomic mass is 10.4. The summed E-state index contributed by atoms with van der Waals surface area (Å²) in [5.41, 5.74) is -1.60. The second-order valence-corrected chi connectivity index (χ2v) is 3.97. The lowest BCUT2D eigenvalue weighted by Gasteiger charge is -2.11. The fraction of sp³-hybridized carbons (Fsp3) is 0.375. The maximum absolute atomic E-state index is 11.7. The Labute approximate surface area is 108 Å². The van der Waals surface area contributed by atoms with Crippen molar-refractivity contribution in [3.8, 4) is 0 Å². The molecule has 0 aliphatic heterocycles. The van der Waals surface area contributed by atoms with Crippen molar-refractivity contribution in [2.45, 2.75) is 6.54 Å². The highest BCUT2D eigenvalue weighted by molar-refractivity contribution is 9.10. The average molecular weight is 322 g/mol. The van der Waals surface area contributed by atoms with E-state index in [0.717, 1.165) is 9.13 Å². The van der Waals surface area contributed by atoms with Crippen molar-refractivity contribution in [1.82, 2.24) is 9.13 Å². The van der Waals surface area contributed by atoms with Gasteiger partial charge in [-0.05, 0) is 15.9 Å². The molecule has 1 aromatic rings. The zero-order valence-corrected chi connectivity index (χ0v) is 10.7. The van der Waals surface area contributed by atoms with E-state index in [1.807, 2.05) is 0 Å². The molecular weight excluding hydrogens is 314 g/mol. The van der Waals surface area contributed by atoms with Gasteiger partial charge in [-0.25, -0.2) is 4.79 Å². The molecular formula is C8H8BrN3O6. The highest BCUT2D eigenvalue weighted by Gasteiger charge is 2.15. The van der Waals surface area contributed by atoms with Gasteiger partial charge >= 0.3 is 5.69 Å². The Morgan fingerprint density at radius 1 is 1.50 bits per heavy atom. The number of hydrogen-bond donors (Lipinski definition) is 0. The minimum atomic E-state index is -1.01. The van der Waals surface area contributed by atoms with E-state index in [1.54, 1.807) is 0 Å². The third kappa shape index (κ3) is 2.64. The summed E-state index contributed by atoms with van der Waals surface area (Å²) in [4.78, 5) is 48.1. The second-order valence-electron chi connectivity index (χ2n) is 3.17.